The summed E-state index contributed by atoms with van der Waals surface area (Å²) in [5.74, 6) is -0.299. The Morgan fingerprint density at radius 3 is 2.75 bits per heavy atom. The quantitative estimate of drug-likeness (QED) is 0.923. The van der Waals surface area contributed by atoms with Crippen molar-refractivity contribution in [1.29, 1.82) is 0 Å². The minimum Gasteiger partial charge on any atom is -0.481 e. The molecule has 1 atom stereocenters. The molecule has 5 heteroatoms. The lowest BCUT2D eigenvalue weighted by atomic mass is 10.1. The van der Waals surface area contributed by atoms with Crippen LogP contribution in [-0.2, 0) is 4.79 Å². The normalized spacial score (nSPS) is 18.2. The highest BCUT2D eigenvalue weighted by Crippen LogP contribution is 2.24. The minimum atomic E-state index is -0.736. The molecule has 1 N–H and O–H groups in total. The van der Waals surface area contributed by atoms with Crippen LogP contribution in [0.15, 0.2) is 42.7 Å². The molecule has 0 saturated carbocycles. The van der Waals surface area contributed by atoms with Gasteiger partial charge in [-0.15, -0.1) is 0 Å². The number of hydrogen-bond donors (Lipinski definition) is 1. The standard InChI is InChI=1S/C15H15N3O2/c19-15(20)12-6-7-18(10-12)14-9-16-8-13(17-14)11-4-2-1-3-5-11/h1-5,8-9,12H,6-7,10H2,(H,19,20). The van der Waals surface area contributed by atoms with Crippen molar-refractivity contribution in [2.45, 2.75) is 6.42 Å². The van der Waals surface area contributed by atoms with Gasteiger partial charge in [0.15, 0.2) is 0 Å². The molecule has 1 aliphatic heterocycles. The van der Waals surface area contributed by atoms with Crippen LogP contribution < -0.4 is 4.90 Å². The van der Waals surface area contributed by atoms with Gasteiger partial charge in [-0.25, -0.2) is 4.98 Å². The first-order chi connectivity index (χ1) is 9.74. The van der Waals surface area contributed by atoms with Crippen LogP contribution in [0.25, 0.3) is 11.3 Å². The molecule has 0 radical (unpaired) electrons. The Morgan fingerprint density at radius 1 is 1.25 bits per heavy atom. The average molecular weight is 269 g/mol. The first-order valence-electron chi connectivity index (χ1n) is 6.59. The van der Waals surface area contributed by atoms with Crippen LogP contribution in [0.5, 0.6) is 0 Å². The summed E-state index contributed by atoms with van der Waals surface area (Å²) in [5.41, 5.74) is 1.82. The molecular formula is C15H15N3O2. The van der Waals surface area contributed by atoms with Crippen LogP contribution in [-0.4, -0.2) is 34.1 Å². The Hall–Kier alpha value is -2.43. The summed E-state index contributed by atoms with van der Waals surface area (Å²) in [4.78, 5) is 21.8. The maximum atomic E-state index is 11.0. The molecule has 0 aliphatic carbocycles. The monoisotopic (exact) mass is 269 g/mol. The Balaban J connectivity index is 1.84. The number of hydrogen-bond acceptors (Lipinski definition) is 4. The molecule has 1 saturated heterocycles. The first-order valence-corrected chi connectivity index (χ1v) is 6.59. The number of nitrogens with zero attached hydrogens (tertiary/aromatic N) is 3. The van der Waals surface area contributed by atoms with E-state index >= 15 is 0 Å². The molecule has 1 aromatic carbocycles. The van der Waals surface area contributed by atoms with E-state index in [9.17, 15) is 4.79 Å². The zero-order valence-electron chi connectivity index (χ0n) is 10.9. The van der Waals surface area contributed by atoms with Gasteiger partial charge in [-0.1, -0.05) is 30.3 Å². The molecule has 1 aromatic heterocycles. The maximum absolute atomic E-state index is 11.0. The topological polar surface area (TPSA) is 66.3 Å². The van der Waals surface area contributed by atoms with Crippen LogP contribution in [0.4, 0.5) is 5.82 Å². The number of carbonyl (C=O) groups is 1. The predicted octanol–water partition coefficient (Wildman–Crippen LogP) is 2.05. The van der Waals surface area contributed by atoms with Gasteiger partial charge in [-0.3, -0.25) is 9.78 Å². The van der Waals surface area contributed by atoms with Gasteiger partial charge in [0.1, 0.15) is 5.82 Å². The lowest BCUT2D eigenvalue weighted by Crippen LogP contribution is -2.23. The number of anilines is 1. The largest absolute Gasteiger partial charge is 0.481 e. The highest BCUT2D eigenvalue weighted by atomic mass is 16.4. The second-order valence-electron chi connectivity index (χ2n) is 4.90. The zero-order chi connectivity index (χ0) is 13.9. The predicted molar refractivity (Wildman–Crippen MR) is 75.4 cm³/mol. The molecule has 2 aromatic rings. The number of aromatic nitrogens is 2. The summed E-state index contributed by atoms with van der Waals surface area (Å²) in [5, 5.41) is 9.05. The molecule has 5 nitrogen and oxygen atoms in total. The van der Waals surface area contributed by atoms with Crippen LogP contribution >= 0.6 is 0 Å². The third kappa shape index (κ3) is 2.47. The number of rotatable bonds is 3. The molecule has 3 rings (SSSR count). The van der Waals surface area contributed by atoms with E-state index in [1.54, 1.807) is 12.4 Å². The van der Waals surface area contributed by atoms with Gasteiger partial charge in [-0.2, -0.15) is 0 Å². The molecule has 20 heavy (non-hydrogen) atoms. The van der Waals surface area contributed by atoms with Crippen molar-refractivity contribution in [2.24, 2.45) is 5.92 Å². The summed E-state index contributed by atoms with van der Waals surface area (Å²) in [7, 11) is 0. The first kappa shape index (κ1) is 12.6. The molecular weight excluding hydrogens is 254 g/mol. The summed E-state index contributed by atoms with van der Waals surface area (Å²) in [6, 6.07) is 9.84. The Labute approximate surface area is 116 Å². The van der Waals surface area contributed by atoms with Crippen LogP contribution in [0, 0.1) is 5.92 Å². The maximum Gasteiger partial charge on any atom is 0.308 e. The number of carboxylic acids is 1. The van der Waals surface area contributed by atoms with E-state index in [1.807, 2.05) is 35.2 Å². The SMILES string of the molecule is O=C(O)C1CCN(c2cncc(-c3ccccc3)n2)C1. The lowest BCUT2D eigenvalue weighted by Gasteiger charge is -2.17. The highest BCUT2D eigenvalue weighted by molar-refractivity contribution is 5.72. The van der Waals surface area contributed by atoms with Crippen molar-refractivity contribution in [2.75, 3.05) is 18.0 Å². The molecule has 1 fully saturated rings. The molecule has 1 unspecified atom stereocenters. The fraction of sp³-hybridized carbons (Fsp3) is 0.267. The second-order valence-corrected chi connectivity index (χ2v) is 4.90. The molecule has 0 bridgehead atoms. The van der Waals surface area contributed by atoms with Gasteiger partial charge in [0.2, 0.25) is 0 Å². The molecule has 1 aliphatic rings. The van der Waals surface area contributed by atoms with Crippen LogP contribution in [0.3, 0.4) is 0 Å². The van der Waals surface area contributed by atoms with Gasteiger partial charge in [0.05, 0.1) is 24.0 Å². The third-order valence-electron chi connectivity index (χ3n) is 3.55. The number of aliphatic carboxylic acids is 1. The van der Waals surface area contributed by atoms with Crippen LogP contribution in [0.1, 0.15) is 6.42 Å². The summed E-state index contributed by atoms with van der Waals surface area (Å²) in [6.45, 7) is 1.21. The summed E-state index contributed by atoms with van der Waals surface area (Å²) < 4.78 is 0. The van der Waals surface area contributed by atoms with Crippen LogP contribution in [0.2, 0.25) is 0 Å². The van der Waals surface area contributed by atoms with Crippen molar-refractivity contribution in [3.8, 4) is 11.3 Å². The fourth-order valence-electron chi connectivity index (χ4n) is 2.43. The van der Waals surface area contributed by atoms with E-state index < -0.39 is 5.97 Å². The molecule has 2 heterocycles. The van der Waals surface area contributed by atoms with Crippen molar-refractivity contribution in [1.82, 2.24) is 9.97 Å². The number of carboxylic acid groups (broad SMARTS) is 1. The smallest absolute Gasteiger partial charge is 0.308 e. The van der Waals surface area contributed by atoms with E-state index in [0.29, 0.717) is 19.5 Å². The van der Waals surface area contributed by atoms with Crippen molar-refractivity contribution >= 4 is 11.8 Å². The fourth-order valence-corrected chi connectivity index (χ4v) is 2.43. The van der Waals surface area contributed by atoms with Crippen molar-refractivity contribution in [3.05, 3.63) is 42.7 Å². The van der Waals surface area contributed by atoms with Crippen molar-refractivity contribution in [3.63, 3.8) is 0 Å². The van der Waals surface area contributed by atoms with E-state index in [2.05, 4.69) is 9.97 Å². The highest BCUT2D eigenvalue weighted by Gasteiger charge is 2.28. The average Bonchev–Trinajstić information content (AvgIpc) is 2.98. The Bertz CT molecular complexity index is 616. The third-order valence-corrected chi connectivity index (χ3v) is 3.55. The molecule has 0 spiro atoms. The number of benzene rings is 1. The Kier molecular flexibility index (Phi) is 3.33. The van der Waals surface area contributed by atoms with Gasteiger partial charge in [-0.05, 0) is 6.42 Å². The molecule has 102 valence electrons. The summed E-state index contributed by atoms with van der Waals surface area (Å²) >= 11 is 0. The zero-order valence-corrected chi connectivity index (χ0v) is 10.9. The van der Waals surface area contributed by atoms with Gasteiger partial charge >= 0.3 is 5.97 Å². The summed E-state index contributed by atoms with van der Waals surface area (Å²) in [6.07, 6.45) is 4.08. The second kappa shape index (κ2) is 5.28. The van der Waals surface area contributed by atoms with E-state index in [4.69, 9.17) is 5.11 Å². The lowest BCUT2D eigenvalue weighted by molar-refractivity contribution is -0.140. The van der Waals surface area contributed by atoms with Crippen molar-refractivity contribution < 1.29 is 9.90 Å². The van der Waals surface area contributed by atoms with E-state index in [1.165, 1.54) is 0 Å². The molecule has 0 amide bonds. The van der Waals surface area contributed by atoms with Gasteiger partial charge in [0, 0.05) is 18.7 Å². The van der Waals surface area contributed by atoms with Gasteiger partial charge < -0.3 is 10.0 Å². The van der Waals surface area contributed by atoms with E-state index in [0.717, 1.165) is 17.1 Å². The van der Waals surface area contributed by atoms with Gasteiger partial charge in [0.25, 0.3) is 0 Å². The minimum absolute atomic E-state index is 0.308. The van der Waals surface area contributed by atoms with E-state index in [-0.39, 0.29) is 5.92 Å². The Morgan fingerprint density at radius 2 is 2.05 bits per heavy atom.